The molecule has 1 N–H and O–H groups in total. The molecule has 1 aromatic carbocycles. The van der Waals surface area contributed by atoms with Gasteiger partial charge in [-0.25, -0.2) is 4.39 Å². The van der Waals surface area contributed by atoms with Crippen LogP contribution >= 0.6 is 0 Å². The van der Waals surface area contributed by atoms with Gasteiger partial charge in [-0.3, -0.25) is 14.3 Å². The second-order valence-electron chi connectivity index (χ2n) is 9.84. The van der Waals surface area contributed by atoms with E-state index < -0.39 is 0 Å². The van der Waals surface area contributed by atoms with Gasteiger partial charge in [0.15, 0.2) is 5.82 Å². The van der Waals surface area contributed by atoms with Gasteiger partial charge >= 0.3 is 0 Å². The summed E-state index contributed by atoms with van der Waals surface area (Å²) in [6, 6.07) is 5.62. The smallest absolute Gasteiger partial charge is 0.270 e. The average Bonchev–Trinajstić information content (AvgIpc) is 3.47. The number of hydrogen-bond acceptors (Lipinski definition) is 3. The zero-order valence-electron chi connectivity index (χ0n) is 19.9. The zero-order chi connectivity index (χ0) is 23.8. The molecule has 0 bridgehead atoms. The Hall–Kier alpha value is -3.16. The number of piperidine rings is 1. The summed E-state index contributed by atoms with van der Waals surface area (Å²) < 4.78 is 17.6. The summed E-state index contributed by atoms with van der Waals surface area (Å²) >= 11 is 0. The fraction of sp³-hybridized carbons (Fsp3) is 0.500. The number of nitrogens with one attached hydrogen (secondary N) is 1. The number of aryl methyl sites for hydroxylation is 1. The first-order valence-electron chi connectivity index (χ1n) is 12.3. The third kappa shape index (κ3) is 4.21. The van der Waals surface area contributed by atoms with Crippen molar-refractivity contribution < 1.29 is 14.0 Å². The number of nitrogens with zero attached hydrogens (tertiary/aromatic N) is 4. The normalized spacial score (nSPS) is 18.5. The van der Waals surface area contributed by atoms with Crippen LogP contribution < -0.4 is 0 Å². The summed E-state index contributed by atoms with van der Waals surface area (Å²) in [5.41, 5.74) is 2.54. The standard InChI is InChI=1S/C26H32FN5O2/c1-17(2)19-14-20(24(27)25-21(19)15-22(29-25)26(34)30-10-5-11-30)18-6-3-9-31(16-18)23(33)7-13-32-12-4-8-28-32/h4,8,12,14-15,17-18,29H,3,5-7,9-11,13,16H2,1-2H3/t18-/m1/s1. The highest BCUT2D eigenvalue weighted by Gasteiger charge is 2.30. The summed E-state index contributed by atoms with van der Waals surface area (Å²) in [5.74, 6) is -0.169. The Labute approximate surface area is 198 Å². The minimum Gasteiger partial charge on any atom is -0.348 e. The molecular weight excluding hydrogens is 433 g/mol. The summed E-state index contributed by atoms with van der Waals surface area (Å²) in [5, 5.41) is 4.94. The Morgan fingerprint density at radius 1 is 1.18 bits per heavy atom. The second-order valence-corrected chi connectivity index (χ2v) is 9.84. The number of hydrogen-bond donors (Lipinski definition) is 1. The van der Waals surface area contributed by atoms with Crippen LogP contribution in [0.5, 0.6) is 0 Å². The summed E-state index contributed by atoms with van der Waals surface area (Å²) in [7, 11) is 0. The van der Waals surface area contributed by atoms with E-state index >= 15 is 4.39 Å². The number of amides is 2. The van der Waals surface area contributed by atoms with Gasteiger partial charge < -0.3 is 14.8 Å². The van der Waals surface area contributed by atoms with E-state index in [-0.39, 0.29) is 29.5 Å². The number of aromatic nitrogens is 3. The topological polar surface area (TPSA) is 74.2 Å². The molecule has 3 aromatic rings. The predicted molar refractivity (Wildman–Crippen MR) is 128 cm³/mol. The van der Waals surface area contributed by atoms with Crippen molar-refractivity contribution in [2.45, 2.75) is 57.9 Å². The van der Waals surface area contributed by atoms with Crippen LogP contribution in [0.2, 0.25) is 0 Å². The summed E-state index contributed by atoms with van der Waals surface area (Å²) in [6.45, 7) is 7.45. The molecule has 34 heavy (non-hydrogen) atoms. The number of rotatable bonds is 6. The molecule has 0 spiro atoms. The molecule has 7 nitrogen and oxygen atoms in total. The Kier molecular flexibility index (Phi) is 6.15. The molecular formula is C26H32FN5O2. The van der Waals surface area contributed by atoms with Gasteiger partial charge in [-0.1, -0.05) is 19.9 Å². The van der Waals surface area contributed by atoms with Gasteiger partial charge in [-0.15, -0.1) is 0 Å². The number of benzene rings is 1. The number of fused-ring (bicyclic) bond motifs is 1. The van der Waals surface area contributed by atoms with Crippen molar-refractivity contribution in [1.29, 1.82) is 0 Å². The maximum absolute atomic E-state index is 15.9. The van der Waals surface area contributed by atoms with Crippen LogP contribution in [0.1, 0.15) is 73.0 Å². The van der Waals surface area contributed by atoms with Gasteiger partial charge in [-0.2, -0.15) is 5.10 Å². The van der Waals surface area contributed by atoms with E-state index in [9.17, 15) is 9.59 Å². The molecule has 0 radical (unpaired) electrons. The summed E-state index contributed by atoms with van der Waals surface area (Å²) in [4.78, 5) is 32.4. The molecule has 0 aliphatic carbocycles. The molecule has 2 aromatic heterocycles. The van der Waals surface area contributed by atoms with E-state index in [4.69, 9.17) is 0 Å². The van der Waals surface area contributed by atoms with E-state index in [1.165, 1.54) is 0 Å². The van der Waals surface area contributed by atoms with Crippen LogP contribution in [-0.2, 0) is 11.3 Å². The molecule has 4 heterocycles. The molecule has 0 unspecified atom stereocenters. The fourth-order valence-corrected chi connectivity index (χ4v) is 5.15. The maximum Gasteiger partial charge on any atom is 0.270 e. The molecule has 2 aliphatic rings. The zero-order valence-corrected chi connectivity index (χ0v) is 19.9. The van der Waals surface area contributed by atoms with Crippen molar-refractivity contribution in [1.82, 2.24) is 24.6 Å². The lowest BCUT2D eigenvalue weighted by molar-refractivity contribution is -0.132. The Morgan fingerprint density at radius 2 is 1.97 bits per heavy atom. The van der Waals surface area contributed by atoms with Gasteiger partial charge in [0, 0.05) is 62.8 Å². The number of halogens is 1. The lowest BCUT2D eigenvalue weighted by Gasteiger charge is -2.33. The van der Waals surface area contributed by atoms with Crippen LogP contribution in [0.4, 0.5) is 4.39 Å². The number of H-pyrrole nitrogens is 1. The van der Waals surface area contributed by atoms with Crippen molar-refractivity contribution in [3.63, 3.8) is 0 Å². The molecule has 1 atom stereocenters. The molecule has 5 rings (SSSR count). The maximum atomic E-state index is 15.9. The monoisotopic (exact) mass is 465 g/mol. The van der Waals surface area contributed by atoms with Crippen LogP contribution in [-0.4, -0.2) is 62.6 Å². The van der Waals surface area contributed by atoms with Crippen molar-refractivity contribution in [2.75, 3.05) is 26.2 Å². The highest BCUT2D eigenvalue weighted by atomic mass is 19.1. The van der Waals surface area contributed by atoms with Crippen molar-refractivity contribution in [3.05, 3.63) is 53.2 Å². The first-order valence-corrected chi connectivity index (χ1v) is 12.3. The fourth-order valence-electron chi connectivity index (χ4n) is 5.15. The molecule has 2 saturated heterocycles. The summed E-state index contributed by atoms with van der Waals surface area (Å²) in [6.07, 6.45) is 6.63. The molecule has 8 heteroatoms. The van der Waals surface area contributed by atoms with E-state index in [0.29, 0.717) is 42.8 Å². The van der Waals surface area contributed by atoms with Gasteiger partial charge in [0.2, 0.25) is 5.91 Å². The van der Waals surface area contributed by atoms with Gasteiger partial charge in [0.05, 0.1) is 5.52 Å². The van der Waals surface area contributed by atoms with E-state index in [2.05, 4.69) is 23.9 Å². The molecule has 2 fully saturated rings. The number of likely N-dealkylation sites (tertiary alicyclic amines) is 2. The van der Waals surface area contributed by atoms with E-state index in [0.717, 1.165) is 43.3 Å². The lowest BCUT2D eigenvalue weighted by atomic mass is 9.86. The first kappa shape index (κ1) is 22.6. The Balaban J connectivity index is 1.41. The van der Waals surface area contributed by atoms with Crippen LogP contribution in [0.15, 0.2) is 30.6 Å². The lowest BCUT2D eigenvalue weighted by Crippen LogP contribution is -2.42. The van der Waals surface area contributed by atoms with Crippen molar-refractivity contribution >= 4 is 22.7 Å². The second kappa shape index (κ2) is 9.24. The third-order valence-corrected chi connectivity index (χ3v) is 7.24. The quantitative estimate of drug-likeness (QED) is 0.591. The minimum absolute atomic E-state index is 0.0651. The van der Waals surface area contributed by atoms with Gasteiger partial charge in [0.25, 0.3) is 5.91 Å². The number of aromatic amines is 1. The Bertz CT molecular complexity index is 1200. The van der Waals surface area contributed by atoms with Gasteiger partial charge in [-0.05, 0) is 48.4 Å². The Morgan fingerprint density at radius 3 is 2.65 bits per heavy atom. The minimum atomic E-state index is -0.294. The molecule has 2 amide bonds. The predicted octanol–water partition coefficient (Wildman–Crippen LogP) is 4.27. The van der Waals surface area contributed by atoms with E-state index in [1.807, 2.05) is 29.3 Å². The van der Waals surface area contributed by atoms with Crippen LogP contribution in [0.25, 0.3) is 10.9 Å². The van der Waals surface area contributed by atoms with E-state index in [1.54, 1.807) is 15.8 Å². The third-order valence-electron chi connectivity index (χ3n) is 7.24. The SMILES string of the molecule is CC(C)c1cc([C@@H]2CCCN(C(=O)CCn3cccn3)C2)c(F)c2[nH]c(C(=O)N3CCC3)cc12. The van der Waals surface area contributed by atoms with Crippen molar-refractivity contribution in [2.24, 2.45) is 0 Å². The number of carbonyl (C=O) groups excluding carboxylic acids is 2. The molecule has 0 saturated carbocycles. The van der Waals surface area contributed by atoms with Crippen LogP contribution in [0, 0.1) is 5.82 Å². The first-order chi connectivity index (χ1) is 16.4. The largest absolute Gasteiger partial charge is 0.348 e. The van der Waals surface area contributed by atoms with Gasteiger partial charge in [0.1, 0.15) is 5.69 Å². The van der Waals surface area contributed by atoms with Crippen molar-refractivity contribution in [3.8, 4) is 0 Å². The molecule has 2 aliphatic heterocycles. The highest BCUT2D eigenvalue weighted by Crippen LogP contribution is 2.37. The van der Waals surface area contributed by atoms with Crippen LogP contribution in [0.3, 0.4) is 0 Å². The molecule has 180 valence electrons. The average molecular weight is 466 g/mol. The number of carbonyl (C=O) groups is 2. The highest BCUT2D eigenvalue weighted by molar-refractivity contribution is 5.99.